The number of anilines is 2. The van der Waals surface area contributed by atoms with Crippen LogP contribution >= 0.6 is 11.3 Å². The van der Waals surface area contributed by atoms with Gasteiger partial charge in [-0.25, -0.2) is 9.97 Å². The number of hydroxylamine groups is 2. The number of fused-ring (bicyclic) bond motifs is 1. The Bertz CT molecular complexity index is 1670. The van der Waals surface area contributed by atoms with Gasteiger partial charge in [-0.2, -0.15) is 13.5 Å². The van der Waals surface area contributed by atoms with E-state index in [1.807, 2.05) is 24.3 Å². The Labute approximate surface area is 257 Å². The van der Waals surface area contributed by atoms with Crippen molar-refractivity contribution in [1.82, 2.24) is 20.3 Å². The Morgan fingerprint density at radius 3 is 2.73 bits per heavy atom. The molecule has 1 amide bonds. The SMILES string of the molecule is CC1(C)[C@H](CC(=O)/C(=N\OCCOc2ccc3c(NC4CCNCC4)nccc3c2)c2csc(N)n2)C(=O)N1OS(=O)(=O)O. The van der Waals surface area contributed by atoms with Gasteiger partial charge in [0.2, 0.25) is 0 Å². The number of ketones is 1. The second kappa shape index (κ2) is 13.0. The van der Waals surface area contributed by atoms with Crippen molar-refractivity contribution in [3.63, 3.8) is 0 Å². The van der Waals surface area contributed by atoms with Crippen molar-refractivity contribution in [2.24, 2.45) is 11.1 Å². The number of carbonyl (C=O) groups is 2. The number of aromatic nitrogens is 2. The number of oxime groups is 1. The van der Waals surface area contributed by atoms with Crippen molar-refractivity contribution >= 4 is 60.9 Å². The lowest BCUT2D eigenvalue weighted by atomic mass is 9.74. The number of rotatable bonds is 13. The average molecular weight is 648 g/mol. The molecule has 2 aromatic heterocycles. The van der Waals surface area contributed by atoms with E-state index in [4.69, 9.17) is 19.9 Å². The van der Waals surface area contributed by atoms with E-state index < -0.39 is 33.5 Å². The summed E-state index contributed by atoms with van der Waals surface area (Å²) in [6.45, 7) is 5.07. The lowest BCUT2D eigenvalue weighted by Crippen LogP contribution is -2.68. The van der Waals surface area contributed by atoms with Crippen LogP contribution in [0.3, 0.4) is 0 Å². The van der Waals surface area contributed by atoms with E-state index >= 15 is 0 Å². The second-order valence-corrected chi connectivity index (χ2v) is 12.8. The molecule has 0 saturated carbocycles. The Hall–Kier alpha value is -3.90. The van der Waals surface area contributed by atoms with Crippen molar-refractivity contribution in [3.8, 4) is 5.75 Å². The number of β-lactam (4-membered cyclic amide) rings is 1. The molecule has 3 aromatic rings. The molecule has 1 atom stereocenters. The fourth-order valence-corrected chi connectivity index (χ4v) is 6.12. The van der Waals surface area contributed by atoms with Gasteiger partial charge in [0.1, 0.15) is 23.9 Å². The summed E-state index contributed by atoms with van der Waals surface area (Å²) in [6, 6.07) is 7.99. The lowest BCUT2D eigenvalue weighted by molar-refractivity contribution is -0.228. The summed E-state index contributed by atoms with van der Waals surface area (Å²) < 4.78 is 41.3. The van der Waals surface area contributed by atoms with E-state index in [9.17, 15) is 18.0 Å². The van der Waals surface area contributed by atoms with E-state index in [-0.39, 0.29) is 36.2 Å². The smallest absolute Gasteiger partial charge is 0.418 e. The van der Waals surface area contributed by atoms with Crippen LogP contribution in [-0.2, 0) is 29.1 Å². The molecule has 5 rings (SSSR count). The van der Waals surface area contributed by atoms with Crippen molar-refractivity contribution in [3.05, 3.63) is 41.5 Å². The number of carbonyl (C=O) groups excluding carboxylic acids is 2. The number of pyridine rings is 1. The number of thiazole rings is 1. The molecule has 2 saturated heterocycles. The van der Waals surface area contributed by atoms with E-state index in [1.165, 1.54) is 19.2 Å². The Morgan fingerprint density at radius 1 is 1.27 bits per heavy atom. The number of nitrogens with two attached hydrogens (primary N) is 1. The molecule has 0 bridgehead atoms. The topological polar surface area (TPSA) is 208 Å². The van der Waals surface area contributed by atoms with Gasteiger partial charge in [-0.15, -0.1) is 15.6 Å². The molecular formula is C27H33N7O8S2. The summed E-state index contributed by atoms with van der Waals surface area (Å²) in [5, 5.41) is 15.1. The molecule has 44 heavy (non-hydrogen) atoms. The molecule has 2 fully saturated rings. The van der Waals surface area contributed by atoms with Gasteiger partial charge in [0.05, 0.1) is 11.5 Å². The average Bonchev–Trinajstić information content (AvgIpc) is 3.42. The van der Waals surface area contributed by atoms with Gasteiger partial charge in [0, 0.05) is 29.4 Å². The number of ether oxygens (including phenoxy) is 1. The van der Waals surface area contributed by atoms with Gasteiger partial charge in [0.15, 0.2) is 23.2 Å². The van der Waals surface area contributed by atoms with Gasteiger partial charge >= 0.3 is 10.4 Å². The highest BCUT2D eigenvalue weighted by Crippen LogP contribution is 2.40. The largest absolute Gasteiger partial charge is 0.490 e. The molecule has 0 unspecified atom stereocenters. The van der Waals surface area contributed by atoms with Crippen LogP contribution < -0.4 is 21.1 Å². The number of hydrogen-bond donors (Lipinski definition) is 4. The zero-order chi connectivity index (χ0) is 31.5. The highest BCUT2D eigenvalue weighted by Gasteiger charge is 2.57. The molecule has 17 heteroatoms. The van der Waals surface area contributed by atoms with Gasteiger partial charge in [0.25, 0.3) is 5.91 Å². The van der Waals surface area contributed by atoms with Crippen LogP contribution in [0.1, 0.15) is 38.8 Å². The highest BCUT2D eigenvalue weighted by molar-refractivity contribution is 7.80. The number of nitrogens with zero attached hydrogens (tertiary/aromatic N) is 4. The van der Waals surface area contributed by atoms with E-state index in [0.717, 1.165) is 53.9 Å². The second-order valence-electron chi connectivity index (χ2n) is 10.9. The van der Waals surface area contributed by atoms with Gasteiger partial charge in [-0.3, -0.25) is 14.1 Å². The fraction of sp³-hybridized carbons (Fsp3) is 0.444. The van der Waals surface area contributed by atoms with Crippen molar-refractivity contribution < 1.29 is 36.4 Å². The van der Waals surface area contributed by atoms with Crippen LogP contribution in [-0.4, -0.2) is 83.3 Å². The number of benzene rings is 1. The number of hydrogen-bond acceptors (Lipinski definition) is 14. The van der Waals surface area contributed by atoms with Crippen molar-refractivity contribution in [2.75, 3.05) is 37.4 Å². The van der Waals surface area contributed by atoms with E-state index in [0.29, 0.717) is 16.9 Å². The van der Waals surface area contributed by atoms with Gasteiger partial charge in [-0.1, -0.05) is 5.16 Å². The van der Waals surface area contributed by atoms with Crippen LogP contribution in [0.4, 0.5) is 10.9 Å². The maximum atomic E-state index is 13.2. The first-order chi connectivity index (χ1) is 20.9. The molecule has 5 N–H and O–H groups in total. The summed E-state index contributed by atoms with van der Waals surface area (Å²) in [5.41, 5.74) is 4.56. The highest BCUT2D eigenvalue weighted by atomic mass is 32.3. The minimum atomic E-state index is -4.92. The third-order valence-corrected chi connectivity index (χ3v) is 8.49. The zero-order valence-corrected chi connectivity index (χ0v) is 25.7. The van der Waals surface area contributed by atoms with Crippen LogP contribution in [0.15, 0.2) is 41.0 Å². The van der Waals surface area contributed by atoms with Crippen LogP contribution in [0.5, 0.6) is 5.75 Å². The number of nitrogens with one attached hydrogen (secondary N) is 2. The molecule has 236 valence electrons. The first kappa shape index (κ1) is 31.5. The molecule has 2 aliphatic rings. The van der Waals surface area contributed by atoms with E-state index in [2.05, 4.69) is 30.0 Å². The van der Waals surface area contributed by atoms with Crippen LogP contribution in [0.2, 0.25) is 0 Å². The third-order valence-electron chi connectivity index (χ3n) is 7.48. The summed E-state index contributed by atoms with van der Waals surface area (Å²) in [5.74, 6) is -0.849. The van der Waals surface area contributed by atoms with Gasteiger partial charge in [-0.05, 0) is 69.4 Å². The number of amides is 1. The number of Topliss-reactive ketones (excluding diaryl/α,β-unsaturated/α-hetero) is 1. The summed E-state index contributed by atoms with van der Waals surface area (Å²) in [7, 11) is -4.92. The maximum Gasteiger partial charge on any atom is 0.418 e. The van der Waals surface area contributed by atoms with E-state index in [1.54, 1.807) is 6.20 Å². The Morgan fingerprint density at radius 2 is 2.05 bits per heavy atom. The predicted octanol–water partition coefficient (Wildman–Crippen LogP) is 2.17. The predicted molar refractivity (Wildman–Crippen MR) is 162 cm³/mol. The first-order valence-corrected chi connectivity index (χ1v) is 16.1. The van der Waals surface area contributed by atoms with Crippen molar-refractivity contribution in [2.45, 2.75) is 44.7 Å². The Balaban J connectivity index is 1.19. The first-order valence-electron chi connectivity index (χ1n) is 13.9. The summed E-state index contributed by atoms with van der Waals surface area (Å²) in [6.07, 6.45) is 3.49. The zero-order valence-electron chi connectivity index (χ0n) is 24.1. The molecule has 0 radical (unpaired) electrons. The molecule has 0 spiro atoms. The number of nitrogen functional groups attached to an aromatic ring is 1. The molecule has 1 aromatic carbocycles. The van der Waals surface area contributed by atoms with Crippen LogP contribution in [0.25, 0.3) is 10.8 Å². The standard InChI is InChI=1S/C27H33N7O8S2/c1-27(2)20(25(36)34(27)42-44(37,38)39)14-22(35)23(21-15-43-26(28)32-21)33-41-12-11-40-18-3-4-19-16(13-18)5-10-30-24(19)31-17-6-8-29-9-7-17/h3-5,10,13,15,17,20,29H,6-9,11-12,14H2,1-2H3,(H2,28,32)(H,30,31)(H,37,38,39)/b33-23-/t20-/m1/s1. The monoisotopic (exact) mass is 647 g/mol. The quantitative estimate of drug-likeness (QED) is 0.0690. The maximum absolute atomic E-state index is 13.2. The molecular weight excluding hydrogens is 614 g/mol. The molecule has 2 aliphatic heterocycles. The minimum absolute atomic E-state index is 0.00285. The normalized spacial score (nSPS) is 19.1. The third kappa shape index (κ3) is 7.24. The molecule has 4 heterocycles. The lowest BCUT2D eigenvalue weighted by Gasteiger charge is -2.50. The minimum Gasteiger partial charge on any atom is -0.490 e. The van der Waals surface area contributed by atoms with Crippen LogP contribution in [0, 0.1) is 5.92 Å². The Kier molecular flexibility index (Phi) is 9.31. The van der Waals surface area contributed by atoms with Gasteiger partial charge < -0.3 is 25.9 Å². The van der Waals surface area contributed by atoms with Crippen molar-refractivity contribution in [1.29, 1.82) is 0 Å². The number of piperidine rings is 1. The summed E-state index contributed by atoms with van der Waals surface area (Å²) in [4.78, 5) is 39.8. The molecule has 0 aliphatic carbocycles. The molecule has 15 nitrogen and oxygen atoms in total. The summed E-state index contributed by atoms with van der Waals surface area (Å²) >= 11 is 1.10. The fourth-order valence-electron chi connectivity index (χ4n) is 5.11.